The van der Waals surface area contributed by atoms with Crippen LogP contribution in [-0.4, -0.2) is 24.0 Å². The summed E-state index contributed by atoms with van der Waals surface area (Å²) in [5.41, 5.74) is 0.328. The molecule has 0 aliphatic rings. The van der Waals surface area contributed by atoms with Gasteiger partial charge in [0, 0.05) is 36.9 Å². The van der Waals surface area contributed by atoms with Gasteiger partial charge >= 0.3 is 5.56 Å². The van der Waals surface area contributed by atoms with Gasteiger partial charge in [-0.2, -0.15) is 0 Å². The van der Waals surface area contributed by atoms with Crippen molar-refractivity contribution in [3.63, 3.8) is 0 Å². The SMILES string of the molecule is Cn1ccn2c(=O)c(O)c(-c3ncc(Cc4ccc(Cl)c(F)c4)s3)nc12. The van der Waals surface area contributed by atoms with Gasteiger partial charge in [-0.15, -0.1) is 11.3 Å². The first-order chi connectivity index (χ1) is 12.4. The highest BCUT2D eigenvalue weighted by molar-refractivity contribution is 7.15. The lowest BCUT2D eigenvalue weighted by Crippen LogP contribution is -2.14. The molecule has 26 heavy (non-hydrogen) atoms. The summed E-state index contributed by atoms with van der Waals surface area (Å²) in [5, 5.41) is 10.7. The monoisotopic (exact) mass is 390 g/mol. The van der Waals surface area contributed by atoms with E-state index in [4.69, 9.17) is 11.6 Å². The van der Waals surface area contributed by atoms with Crippen molar-refractivity contribution in [1.29, 1.82) is 0 Å². The Bertz CT molecular complexity index is 1200. The average molecular weight is 391 g/mol. The zero-order chi connectivity index (χ0) is 18.4. The number of aryl methyl sites for hydroxylation is 1. The van der Waals surface area contributed by atoms with Crippen molar-refractivity contribution < 1.29 is 9.50 Å². The first kappa shape index (κ1) is 16.7. The van der Waals surface area contributed by atoms with Gasteiger partial charge in [-0.25, -0.2) is 18.8 Å². The molecule has 132 valence electrons. The molecule has 0 atom stereocenters. The molecule has 4 aromatic rings. The van der Waals surface area contributed by atoms with Crippen molar-refractivity contribution in [1.82, 2.24) is 18.9 Å². The quantitative estimate of drug-likeness (QED) is 0.583. The summed E-state index contributed by atoms with van der Waals surface area (Å²) in [6.45, 7) is 0. The van der Waals surface area contributed by atoms with E-state index in [1.165, 1.54) is 34.1 Å². The van der Waals surface area contributed by atoms with E-state index in [-0.39, 0.29) is 10.7 Å². The van der Waals surface area contributed by atoms with Crippen LogP contribution >= 0.6 is 22.9 Å². The number of rotatable bonds is 3. The molecule has 4 rings (SSSR count). The van der Waals surface area contributed by atoms with Crippen LogP contribution in [0.15, 0.2) is 41.6 Å². The Labute approximate surface area is 155 Å². The molecule has 1 aromatic carbocycles. The largest absolute Gasteiger partial charge is 0.501 e. The number of hydrogen-bond donors (Lipinski definition) is 1. The lowest BCUT2D eigenvalue weighted by atomic mass is 10.1. The minimum atomic E-state index is -0.554. The molecule has 9 heteroatoms. The van der Waals surface area contributed by atoms with Crippen molar-refractivity contribution in [2.45, 2.75) is 6.42 Å². The molecule has 0 aliphatic carbocycles. The van der Waals surface area contributed by atoms with Crippen molar-refractivity contribution in [3.05, 3.63) is 68.4 Å². The molecule has 0 radical (unpaired) electrons. The average Bonchev–Trinajstić information content (AvgIpc) is 3.21. The zero-order valence-electron chi connectivity index (χ0n) is 13.5. The molecule has 6 nitrogen and oxygen atoms in total. The second-order valence-corrected chi connectivity index (χ2v) is 7.27. The molecule has 1 N–H and O–H groups in total. The molecular weight excluding hydrogens is 379 g/mol. The fraction of sp³-hybridized carbons (Fsp3) is 0.118. The molecule has 0 bridgehead atoms. The third-order valence-corrected chi connectivity index (χ3v) is 5.26. The zero-order valence-corrected chi connectivity index (χ0v) is 15.1. The van der Waals surface area contributed by atoms with Crippen LogP contribution in [0.4, 0.5) is 4.39 Å². The number of thiazole rings is 1. The van der Waals surface area contributed by atoms with Crippen LogP contribution in [0.5, 0.6) is 5.75 Å². The maximum atomic E-state index is 13.6. The van der Waals surface area contributed by atoms with Gasteiger partial charge in [0.25, 0.3) is 0 Å². The van der Waals surface area contributed by atoms with E-state index in [2.05, 4.69) is 9.97 Å². The number of aromatic hydroxyl groups is 1. The van der Waals surface area contributed by atoms with Crippen LogP contribution in [-0.2, 0) is 13.5 Å². The Hall–Kier alpha value is -2.71. The minimum absolute atomic E-state index is 0.0733. The smallest absolute Gasteiger partial charge is 0.302 e. The molecular formula is C17H12ClFN4O2S. The predicted molar refractivity (Wildman–Crippen MR) is 97.4 cm³/mol. The van der Waals surface area contributed by atoms with Gasteiger partial charge in [-0.1, -0.05) is 17.7 Å². The Morgan fingerprint density at radius 1 is 1.35 bits per heavy atom. The summed E-state index contributed by atoms with van der Waals surface area (Å²) >= 11 is 6.98. The number of aromatic nitrogens is 4. The van der Waals surface area contributed by atoms with E-state index in [9.17, 15) is 14.3 Å². The lowest BCUT2D eigenvalue weighted by molar-refractivity contribution is 0.464. The summed E-state index contributed by atoms with van der Waals surface area (Å²) in [5.74, 6) is -0.526. The van der Waals surface area contributed by atoms with E-state index in [1.807, 2.05) is 0 Å². The number of nitrogens with zero attached hydrogens (tertiary/aromatic N) is 4. The standard InChI is InChI=1S/C17H12ClFN4O2S/c1-22-4-5-23-16(25)14(24)13(21-17(22)23)15-20-8-10(26-15)6-9-2-3-11(18)12(19)7-9/h2-5,7-8,24H,6H2,1H3. The number of halogens is 2. The summed E-state index contributed by atoms with van der Waals surface area (Å²) < 4.78 is 16.5. The highest BCUT2D eigenvalue weighted by Gasteiger charge is 2.18. The van der Waals surface area contributed by atoms with Crippen LogP contribution in [0.25, 0.3) is 16.5 Å². The number of benzene rings is 1. The molecule has 0 unspecified atom stereocenters. The highest BCUT2D eigenvalue weighted by Crippen LogP contribution is 2.30. The number of fused-ring (bicyclic) bond motifs is 1. The van der Waals surface area contributed by atoms with Crippen LogP contribution in [0.2, 0.25) is 5.02 Å². The number of imidazole rings is 1. The Morgan fingerprint density at radius 3 is 2.92 bits per heavy atom. The maximum absolute atomic E-state index is 13.6. The van der Waals surface area contributed by atoms with E-state index in [1.54, 1.807) is 30.1 Å². The van der Waals surface area contributed by atoms with Crippen LogP contribution in [0, 0.1) is 5.82 Å². The summed E-state index contributed by atoms with van der Waals surface area (Å²) in [7, 11) is 1.75. The fourth-order valence-electron chi connectivity index (χ4n) is 2.63. The van der Waals surface area contributed by atoms with Crippen LogP contribution in [0.1, 0.15) is 10.4 Å². The molecule has 3 aromatic heterocycles. The first-order valence-electron chi connectivity index (χ1n) is 7.59. The van der Waals surface area contributed by atoms with Gasteiger partial charge in [-0.05, 0) is 17.7 Å². The topological polar surface area (TPSA) is 72.4 Å². The Kier molecular flexibility index (Phi) is 4.01. The van der Waals surface area contributed by atoms with Gasteiger partial charge < -0.3 is 9.67 Å². The third-order valence-electron chi connectivity index (χ3n) is 3.95. The first-order valence-corrected chi connectivity index (χ1v) is 8.79. The molecule has 0 fully saturated rings. The molecule has 0 saturated heterocycles. The Balaban J connectivity index is 1.73. The summed E-state index contributed by atoms with van der Waals surface area (Å²) in [6, 6.07) is 4.62. The molecule has 3 heterocycles. The van der Waals surface area contributed by atoms with E-state index in [0.717, 1.165) is 10.4 Å². The molecule has 0 saturated carbocycles. The van der Waals surface area contributed by atoms with Crippen molar-refractivity contribution in [2.24, 2.45) is 7.05 Å². The van der Waals surface area contributed by atoms with Crippen molar-refractivity contribution in [2.75, 3.05) is 0 Å². The van der Waals surface area contributed by atoms with E-state index >= 15 is 0 Å². The lowest BCUT2D eigenvalue weighted by Gasteiger charge is -2.02. The van der Waals surface area contributed by atoms with E-state index in [0.29, 0.717) is 17.2 Å². The minimum Gasteiger partial charge on any atom is -0.501 e. The summed E-state index contributed by atoms with van der Waals surface area (Å²) in [6.07, 6.45) is 5.30. The normalized spacial score (nSPS) is 11.3. The third kappa shape index (κ3) is 2.77. The summed E-state index contributed by atoms with van der Waals surface area (Å²) in [4.78, 5) is 21.7. The number of hydrogen-bond acceptors (Lipinski definition) is 5. The second-order valence-electron chi connectivity index (χ2n) is 5.75. The molecule has 0 amide bonds. The van der Waals surface area contributed by atoms with Crippen LogP contribution in [0.3, 0.4) is 0 Å². The van der Waals surface area contributed by atoms with Gasteiger partial charge in [0.2, 0.25) is 11.5 Å². The highest BCUT2D eigenvalue weighted by atomic mass is 35.5. The Morgan fingerprint density at radius 2 is 2.15 bits per heavy atom. The molecule has 0 spiro atoms. The van der Waals surface area contributed by atoms with Gasteiger partial charge in [0.05, 0.1) is 5.02 Å². The van der Waals surface area contributed by atoms with Crippen molar-refractivity contribution in [3.8, 4) is 16.5 Å². The van der Waals surface area contributed by atoms with Gasteiger partial charge in [0.15, 0.2) is 5.69 Å². The maximum Gasteiger partial charge on any atom is 0.302 e. The van der Waals surface area contributed by atoms with E-state index < -0.39 is 17.1 Å². The van der Waals surface area contributed by atoms with Crippen molar-refractivity contribution >= 4 is 28.7 Å². The van der Waals surface area contributed by atoms with Gasteiger partial charge in [-0.3, -0.25) is 4.79 Å². The fourth-order valence-corrected chi connectivity index (χ4v) is 3.68. The van der Waals surface area contributed by atoms with Crippen LogP contribution < -0.4 is 5.56 Å². The van der Waals surface area contributed by atoms with Gasteiger partial charge in [0.1, 0.15) is 10.8 Å². The predicted octanol–water partition coefficient (Wildman–Crippen LogP) is 3.25. The second kappa shape index (κ2) is 6.22. The molecule has 0 aliphatic heterocycles.